The van der Waals surface area contributed by atoms with Crippen LogP contribution < -0.4 is 14.8 Å². The molecule has 0 fully saturated rings. The van der Waals surface area contributed by atoms with E-state index in [4.69, 9.17) is 14.5 Å². The van der Waals surface area contributed by atoms with E-state index in [0.29, 0.717) is 13.2 Å². The zero-order chi connectivity index (χ0) is 24.6. The summed E-state index contributed by atoms with van der Waals surface area (Å²) in [4.78, 5) is 17.2. The second-order valence-electron chi connectivity index (χ2n) is 8.87. The SMILES string of the molecule is Cc1cccc(OCCCCn2c(CNC(=O)COc3cc(C)ccc3C)nc3ccccc32)c1. The van der Waals surface area contributed by atoms with E-state index < -0.39 is 0 Å². The van der Waals surface area contributed by atoms with Gasteiger partial charge in [0.25, 0.3) is 5.91 Å². The van der Waals surface area contributed by atoms with Crippen LogP contribution in [0.4, 0.5) is 0 Å². The number of aryl methyl sites for hydroxylation is 4. The molecule has 4 aromatic rings. The van der Waals surface area contributed by atoms with Gasteiger partial charge in [-0.2, -0.15) is 0 Å². The van der Waals surface area contributed by atoms with Crippen LogP contribution in [0.3, 0.4) is 0 Å². The first kappa shape index (κ1) is 24.3. The molecule has 1 amide bonds. The van der Waals surface area contributed by atoms with Crippen molar-refractivity contribution in [3.63, 3.8) is 0 Å². The minimum absolute atomic E-state index is 0.0270. The highest BCUT2D eigenvalue weighted by atomic mass is 16.5. The van der Waals surface area contributed by atoms with E-state index in [1.54, 1.807) is 0 Å². The van der Waals surface area contributed by atoms with Gasteiger partial charge in [-0.05, 0) is 80.6 Å². The Morgan fingerprint density at radius 1 is 0.914 bits per heavy atom. The number of fused-ring (bicyclic) bond motifs is 1. The van der Waals surface area contributed by atoms with Crippen molar-refractivity contribution >= 4 is 16.9 Å². The number of imidazole rings is 1. The van der Waals surface area contributed by atoms with Crippen LogP contribution in [0, 0.1) is 20.8 Å². The van der Waals surface area contributed by atoms with Gasteiger partial charge in [0.2, 0.25) is 0 Å². The number of nitrogens with zero attached hydrogens (tertiary/aromatic N) is 2. The van der Waals surface area contributed by atoms with Gasteiger partial charge in [-0.15, -0.1) is 0 Å². The maximum Gasteiger partial charge on any atom is 0.258 e. The molecule has 0 aliphatic heterocycles. The van der Waals surface area contributed by atoms with Gasteiger partial charge in [0.1, 0.15) is 17.3 Å². The summed E-state index contributed by atoms with van der Waals surface area (Å²) in [7, 11) is 0. The predicted molar refractivity (Wildman–Crippen MR) is 139 cm³/mol. The van der Waals surface area contributed by atoms with E-state index in [0.717, 1.165) is 58.9 Å². The largest absolute Gasteiger partial charge is 0.494 e. The van der Waals surface area contributed by atoms with Crippen molar-refractivity contribution in [1.82, 2.24) is 14.9 Å². The third-order valence-corrected chi connectivity index (χ3v) is 5.91. The number of nitrogens with one attached hydrogen (secondary N) is 1. The van der Waals surface area contributed by atoms with Crippen LogP contribution in [0.5, 0.6) is 11.5 Å². The molecule has 3 aromatic carbocycles. The Kier molecular flexibility index (Phi) is 8.03. The number of unbranched alkanes of at least 4 members (excludes halogenated alkanes) is 1. The molecule has 1 aromatic heterocycles. The Morgan fingerprint density at radius 2 is 1.74 bits per heavy atom. The summed E-state index contributed by atoms with van der Waals surface area (Å²) in [5.41, 5.74) is 5.31. The summed E-state index contributed by atoms with van der Waals surface area (Å²) in [5.74, 6) is 2.31. The Bertz CT molecular complexity index is 1300. The first-order chi connectivity index (χ1) is 17.0. The van der Waals surface area contributed by atoms with Crippen LogP contribution in [0.15, 0.2) is 66.7 Å². The van der Waals surface area contributed by atoms with Gasteiger partial charge in [0.05, 0.1) is 24.2 Å². The number of ether oxygens (including phenoxy) is 2. The van der Waals surface area contributed by atoms with Gasteiger partial charge in [0, 0.05) is 6.54 Å². The van der Waals surface area contributed by atoms with Gasteiger partial charge in [-0.25, -0.2) is 4.98 Å². The maximum atomic E-state index is 12.5. The molecule has 0 atom stereocenters. The first-order valence-electron chi connectivity index (χ1n) is 12.1. The van der Waals surface area contributed by atoms with E-state index in [1.165, 1.54) is 5.56 Å². The van der Waals surface area contributed by atoms with Crippen molar-refractivity contribution < 1.29 is 14.3 Å². The first-order valence-corrected chi connectivity index (χ1v) is 12.1. The number of amides is 1. The molecular weight excluding hydrogens is 438 g/mol. The Labute approximate surface area is 206 Å². The molecule has 0 saturated carbocycles. The van der Waals surface area contributed by atoms with E-state index >= 15 is 0 Å². The van der Waals surface area contributed by atoms with Crippen molar-refractivity contribution in [3.05, 3.63) is 89.2 Å². The summed E-state index contributed by atoms with van der Waals surface area (Å²) in [6.07, 6.45) is 1.87. The van der Waals surface area contributed by atoms with Crippen molar-refractivity contribution in [2.45, 2.75) is 46.7 Å². The third kappa shape index (κ3) is 6.63. The highest BCUT2D eigenvalue weighted by Crippen LogP contribution is 2.20. The van der Waals surface area contributed by atoms with Crippen molar-refractivity contribution in [3.8, 4) is 11.5 Å². The lowest BCUT2D eigenvalue weighted by Crippen LogP contribution is -2.29. The topological polar surface area (TPSA) is 65.4 Å². The van der Waals surface area contributed by atoms with Crippen LogP contribution in [0.1, 0.15) is 35.4 Å². The molecule has 0 radical (unpaired) electrons. The van der Waals surface area contributed by atoms with Gasteiger partial charge < -0.3 is 19.4 Å². The van der Waals surface area contributed by atoms with Crippen LogP contribution >= 0.6 is 0 Å². The fourth-order valence-electron chi connectivity index (χ4n) is 4.01. The van der Waals surface area contributed by atoms with E-state index in [2.05, 4.69) is 28.9 Å². The summed E-state index contributed by atoms with van der Waals surface area (Å²) < 4.78 is 13.8. The molecular formula is C29H33N3O3. The summed E-state index contributed by atoms with van der Waals surface area (Å²) in [6, 6.07) is 22.2. The fourth-order valence-corrected chi connectivity index (χ4v) is 4.01. The third-order valence-electron chi connectivity index (χ3n) is 5.91. The number of carbonyl (C=O) groups is 1. The molecule has 182 valence electrons. The Morgan fingerprint density at radius 3 is 2.60 bits per heavy atom. The molecule has 0 saturated heterocycles. The Hall–Kier alpha value is -3.80. The monoisotopic (exact) mass is 471 g/mol. The number of rotatable bonds is 11. The Balaban J connectivity index is 1.32. The average molecular weight is 472 g/mol. The van der Waals surface area contributed by atoms with Crippen LogP contribution in [0.2, 0.25) is 0 Å². The summed E-state index contributed by atoms with van der Waals surface area (Å²) in [5, 5.41) is 2.96. The zero-order valence-corrected chi connectivity index (χ0v) is 20.7. The number of hydrogen-bond acceptors (Lipinski definition) is 4. The molecule has 1 heterocycles. The van der Waals surface area contributed by atoms with Crippen molar-refractivity contribution in [2.75, 3.05) is 13.2 Å². The lowest BCUT2D eigenvalue weighted by atomic mass is 10.1. The fraction of sp³-hybridized carbons (Fsp3) is 0.310. The molecule has 0 aliphatic rings. The van der Waals surface area contributed by atoms with Gasteiger partial charge in [-0.1, -0.05) is 36.4 Å². The second-order valence-corrected chi connectivity index (χ2v) is 8.87. The lowest BCUT2D eigenvalue weighted by Gasteiger charge is -2.12. The molecule has 0 unspecified atom stereocenters. The van der Waals surface area contributed by atoms with Crippen LogP contribution in [0.25, 0.3) is 11.0 Å². The second kappa shape index (κ2) is 11.6. The molecule has 4 rings (SSSR count). The highest BCUT2D eigenvalue weighted by Gasteiger charge is 2.12. The summed E-state index contributed by atoms with van der Waals surface area (Å²) in [6.45, 7) is 7.84. The zero-order valence-electron chi connectivity index (χ0n) is 20.7. The van der Waals surface area contributed by atoms with Gasteiger partial charge in [0.15, 0.2) is 6.61 Å². The number of aromatic nitrogens is 2. The summed E-state index contributed by atoms with van der Waals surface area (Å²) >= 11 is 0. The van der Waals surface area contributed by atoms with Crippen molar-refractivity contribution in [2.24, 2.45) is 0 Å². The smallest absolute Gasteiger partial charge is 0.258 e. The molecule has 0 bridgehead atoms. The van der Waals surface area contributed by atoms with Crippen LogP contribution in [-0.2, 0) is 17.9 Å². The van der Waals surface area contributed by atoms with E-state index in [9.17, 15) is 4.79 Å². The molecule has 1 N–H and O–H groups in total. The van der Waals surface area contributed by atoms with E-state index in [1.807, 2.05) is 68.4 Å². The average Bonchev–Trinajstić information content (AvgIpc) is 3.20. The number of benzene rings is 3. The molecule has 6 nitrogen and oxygen atoms in total. The normalized spacial score (nSPS) is 10.9. The maximum absolute atomic E-state index is 12.5. The van der Waals surface area contributed by atoms with E-state index in [-0.39, 0.29) is 12.5 Å². The standard InChI is InChI=1S/C29H33N3O3/c1-21-9-8-10-24(17-21)34-16-7-6-15-32-26-12-5-4-11-25(26)31-28(32)19-30-29(33)20-35-27-18-22(2)13-14-23(27)3/h4-5,8-14,17-18H,6-7,15-16,19-20H2,1-3H3,(H,30,33). The minimum atomic E-state index is -0.170. The number of carbonyl (C=O) groups excluding carboxylic acids is 1. The molecule has 0 spiro atoms. The quantitative estimate of drug-likeness (QED) is 0.293. The minimum Gasteiger partial charge on any atom is -0.494 e. The van der Waals surface area contributed by atoms with Gasteiger partial charge in [-0.3, -0.25) is 4.79 Å². The lowest BCUT2D eigenvalue weighted by molar-refractivity contribution is -0.123. The molecule has 6 heteroatoms. The van der Waals surface area contributed by atoms with Crippen LogP contribution in [-0.4, -0.2) is 28.7 Å². The van der Waals surface area contributed by atoms with Gasteiger partial charge >= 0.3 is 0 Å². The number of para-hydroxylation sites is 2. The van der Waals surface area contributed by atoms with Crippen molar-refractivity contribution in [1.29, 1.82) is 0 Å². The molecule has 0 aliphatic carbocycles. The molecule has 35 heavy (non-hydrogen) atoms. The number of hydrogen-bond donors (Lipinski definition) is 1. The highest BCUT2D eigenvalue weighted by molar-refractivity contribution is 5.78. The predicted octanol–water partition coefficient (Wildman–Crippen LogP) is 5.52.